The molecule has 9 heteroatoms. The Morgan fingerprint density at radius 2 is 1.48 bits per heavy atom. The van der Waals surface area contributed by atoms with Crippen molar-refractivity contribution in [2.24, 2.45) is 5.92 Å². The lowest BCUT2D eigenvalue weighted by Crippen LogP contribution is -2.37. The molecule has 0 bridgehead atoms. The van der Waals surface area contributed by atoms with E-state index in [1.165, 1.54) is 31.2 Å². The van der Waals surface area contributed by atoms with E-state index in [-0.39, 0.29) is 17.4 Å². The van der Waals surface area contributed by atoms with Gasteiger partial charge < -0.3 is 9.47 Å². The number of carbonyl (C=O) groups excluding carboxylic acids is 3. The first kappa shape index (κ1) is 22.1. The molecule has 0 saturated heterocycles. The maximum Gasteiger partial charge on any atom is 0.417 e. The summed E-state index contributed by atoms with van der Waals surface area (Å²) in [6.07, 6.45) is -4.85. The number of aromatic nitrogens is 1. The molecule has 0 aliphatic carbocycles. The normalized spacial score (nSPS) is 12.4. The van der Waals surface area contributed by atoms with Gasteiger partial charge in [0.05, 0.1) is 5.56 Å². The highest BCUT2D eigenvalue weighted by atomic mass is 19.4. The van der Waals surface area contributed by atoms with Crippen molar-refractivity contribution in [3.8, 4) is 17.4 Å². The number of benzene rings is 1. The van der Waals surface area contributed by atoms with Crippen LogP contribution in [0, 0.1) is 5.92 Å². The summed E-state index contributed by atoms with van der Waals surface area (Å²) < 4.78 is 48.4. The molecule has 6 nitrogen and oxygen atoms in total. The van der Waals surface area contributed by atoms with Crippen LogP contribution in [0.1, 0.15) is 26.3 Å². The van der Waals surface area contributed by atoms with Gasteiger partial charge in [-0.3, -0.25) is 14.4 Å². The average molecular weight is 409 g/mol. The molecule has 29 heavy (non-hydrogen) atoms. The Hall–Kier alpha value is -3.23. The van der Waals surface area contributed by atoms with E-state index < -0.39 is 41.1 Å². The Balaban J connectivity index is 2.02. The maximum atomic E-state index is 12.5. The van der Waals surface area contributed by atoms with Gasteiger partial charge in [0, 0.05) is 12.3 Å². The Kier molecular flexibility index (Phi) is 6.73. The molecule has 0 aliphatic rings. The summed E-state index contributed by atoms with van der Waals surface area (Å²) in [6.45, 7) is 3.76. The Morgan fingerprint density at radius 1 is 0.931 bits per heavy atom. The topological polar surface area (TPSA) is 82.6 Å². The van der Waals surface area contributed by atoms with Crippen molar-refractivity contribution >= 4 is 17.3 Å². The highest BCUT2D eigenvalue weighted by molar-refractivity contribution is 6.19. The van der Waals surface area contributed by atoms with Crippen molar-refractivity contribution in [2.75, 3.05) is 0 Å². The van der Waals surface area contributed by atoms with E-state index in [4.69, 9.17) is 9.47 Å². The first-order valence-electron chi connectivity index (χ1n) is 8.51. The molecule has 1 aromatic heterocycles. The molecule has 1 atom stereocenters. The van der Waals surface area contributed by atoms with Gasteiger partial charge in [0.1, 0.15) is 29.0 Å². The smallest absolute Gasteiger partial charge is 0.417 e. The van der Waals surface area contributed by atoms with Crippen LogP contribution in [0.4, 0.5) is 13.2 Å². The fraction of sp³-hybridized carbons (Fsp3) is 0.300. The minimum atomic E-state index is -4.48. The number of ketones is 3. The van der Waals surface area contributed by atoms with E-state index >= 15 is 0 Å². The second kappa shape index (κ2) is 8.85. The number of carbonyl (C=O) groups is 3. The highest BCUT2D eigenvalue weighted by Gasteiger charge is 2.33. The zero-order valence-corrected chi connectivity index (χ0v) is 15.8. The van der Waals surface area contributed by atoms with E-state index in [0.717, 1.165) is 26.0 Å². The summed E-state index contributed by atoms with van der Waals surface area (Å²) in [5, 5.41) is 0. The van der Waals surface area contributed by atoms with Gasteiger partial charge in [-0.2, -0.15) is 13.2 Å². The van der Waals surface area contributed by atoms with Crippen LogP contribution >= 0.6 is 0 Å². The van der Waals surface area contributed by atoms with Gasteiger partial charge in [-0.15, -0.1) is 0 Å². The first-order valence-corrected chi connectivity index (χ1v) is 8.51. The molecule has 0 aliphatic heterocycles. The predicted octanol–water partition coefficient (Wildman–Crippen LogP) is 4.02. The third-order valence-corrected chi connectivity index (χ3v) is 3.92. The molecule has 1 heterocycles. The number of hydrogen-bond donors (Lipinski definition) is 0. The van der Waals surface area contributed by atoms with Crippen LogP contribution in [0.2, 0.25) is 0 Å². The zero-order valence-electron chi connectivity index (χ0n) is 15.8. The standard InChI is InChI=1S/C20H18F3NO5/c1-11(25)18(12(2)26)19(27)13(3)28-15-5-7-16(8-6-15)29-17-9-4-14(10-24-17)20(21,22)23/h4-10,13,18H,1-3H3. The van der Waals surface area contributed by atoms with Gasteiger partial charge in [0.15, 0.2) is 11.9 Å². The lowest BCUT2D eigenvalue weighted by atomic mass is 9.93. The Morgan fingerprint density at radius 3 is 1.93 bits per heavy atom. The van der Waals surface area contributed by atoms with Crippen molar-refractivity contribution in [2.45, 2.75) is 33.1 Å². The number of pyridine rings is 1. The van der Waals surface area contributed by atoms with Crippen LogP contribution in [0.15, 0.2) is 42.6 Å². The van der Waals surface area contributed by atoms with Crippen LogP contribution in [0.3, 0.4) is 0 Å². The number of halogens is 3. The molecule has 2 rings (SSSR count). The maximum absolute atomic E-state index is 12.5. The van der Waals surface area contributed by atoms with Gasteiger partial charge in [-0.05, 0) is 51.1 Å². The van der Waals surface area contributed by atoms with Crippen LogP contribution in [-0.2, 0) is 20.6 Å². The average Bonchev–Trinajstić information content (AvgIpc) is 2.62. The van der Waals surface area contributed by atoms with Crippen molar-refractivity contribution in [3.63, 3.8) is 0 Å². The second-order valence-corrected chi connectivity index (χ2v) is 6.27. The van der Waals surface area contributed by atoms with E-state index in [1.807, 2.05) is 0 Å². The molecule has 0 amide bonds. The van der Waals surface area contributed by atoms with Crippen LogP contribution in [0.5, 0.6) is 17.4 Å². The summed E-state index contributed by atoms with van der Waals surface area (Å²) in [6, 6.07) is 7.84. The molecule has 1 unspecified atom stereocenters. The summed E-state index contributed by atoms with van der Waals surface area (Å²) in [5.74, 6) is -2.56. The predicted molar refractivity (Wildman–Crippen MR) is 95.7 cm³/mol. The molecule has 154 valence electrons. The molecule has 0 N–H and O–H groups in total. The molecule has 0 radical (unpaired) electrons. The van der Waals surface area contributed by atoms with Gasteiger partial charge in [0.25, 0.3) is 0 Å². The van der Waals surface area contributed by atoms with Gasteiger partial charge in [-0.25, -0.2) is 4.98 Å². The number of alkyl halides is 3. The highest BCUT2D eigenvalue weighted by Crippen LogP contribution is 2.30. The third-order valence-electron chi connectivity index (χ3n) is 3.92. The van der Waals surface area contributed by atoms with Gasteiger partial charge in [-0.1, -0.05) is 0 Å². The molecular weight excluding hydrogens is 391 g/mol. The fourth-order valence-electron chi connectivity index (χ4n) is 2.50. The largest absolute Gasteiger partial charge is 0.483 e. The van der Waals surface area contributed by atoms with E-state index in [0.29, 0.717) is 6.20 Å². The number of hydrogen-bond acceptors (Lipinski definition) is 6. The number of nitrogens with zero attached hydrogens (tertiary/aromatic N) is 1. The molecule has 0 spiro atoms. The summed E-state index contributed by atoms with van der Waals surface area (Å²) in [4.78, 5) is 38.9. The lowest BCUT2D eigenvalue weighted by Gasteiger charge is -2.17. The van der Waals surface area contributed by atoms with Crippen molar-refractivity contribution < 1.29 is 37.0 Å². The van der Waals surface area contributed by atoms with Crippen molar-refractivity contribution in [1.29, 1.82) is 0 Å². The Labute approximate surface area is 164 Å². The van der Waals surface area contributed by atoms with Crippen LogP contribution in [0.25, 0.3) is 0 Å². The summed E-state index contributed by atoms with van der Waals surface area (Å²) >= 11 is 0. The first-order chi connectivity index (χ1) is 13.5. The lowest BCUT2D eigenvalue weighted by molar-refractivity contribution is -0.141. The summed E-state index contributed by atoms with van der Waals surface area (Å²) in [5.41, 5.74) is -0.887. The number of ether oxygens (including phenoxy) is 2. The molecule has 2 aromatic rings. The third kappa shape index (κ3) is 5.87. The minimum Gasteiger partial charge on any atom is -0.483 e. The monoisotopic (exact) mass is 409 g/mol. The van der Waals surface area contributed by atoms with Crippen LogP contribution in [-0.4, -0.2) is 28.4 Å². The SMILES string of the molecule is CC(=O)C(C(C)=O)C(=O)C(C)Oc1ccc(Oc2ccc(C(F)(F)F)cn2)cc1. The van der Waals surface area contributed by atoms with Crippen molar-refractivity contribution in [1.82, 2.24) is 4.98 Å². The minimum absolute atomic E-state index is 0.0269. The quantitative estimate of drug-likeness (QED) is 0.613. The fourth-order valence-corrected chi connectivity index (χ4v) is 2.50. The molecule has 0 saturated carbocycles. The Bertz CT molecular complexity index is 878. The van der Waals surface area contributed by atoms with E-state index in [1.54, 1.807) is 0 Å². The van der Waals surface area contributed by atoms with Crippen molar-refractivity contribution in [3.05, 3.63) is 48.2 Å². The number of Topliss-reactive ketones (excluding diaryl/α,β-unsaturated/α-hetero) is 3. The number of rotatable bonds is 8. The zero-order chi connectivity index (χ0) is 21.8. The molecule has 1 aromatic carbocycles. The van der Waals surface area contributed by atoms with Crippen LogP contribution < -0.4 is 9.47 Å². The van der Waals surface area contributed by atoms with Gasteiger partial charge in [0.2, 0.25) is 5.88 Å². The van der Waals surface area contributed by atoms with Gasteiger partial charge >= 0.3 is 6.18 Å². The van der Waals surface area contributed by atoms with E-state index in [2.05, 4.69) is 4.98 Å². The van der Waals surface area contributed by atoms with E-state index in [9.17, 15) is 27.6 Å². The molecular formula is C20H18F3NO5. The summed E-state index contributed by atoms with van der Waals surface area (Å²) in [7, 11) is 0. The second-order valence-electron chi connectivity index (χ2n) is 6.27. The molecule has 0 fully saturated rings.